The van der Waals surface area contributed by atoms with Crippen molar-refractivity contribution in [2.24, 2.45) is 0 Å². The Balaban J connectivity index is 1.76. The van der Waals surface area contributed by atoms with Gasteiger partial charge in [-0.25, -0.2) is 4.79 Å². The largest absolute Gasteiger partial charge is 0.465 e. The zero-order valence-corrected chi connectivity index (χ0v) is 13.9. The zero-order valence-electron chi connectivity index (χ0n) is 13.9. The molecular weight excluding hydrogens is 318 g/mol. The van der Waals surface area contributed by atoms with Gasteiger partial charge in [-0.1, -0.05) is 23.8 Å². The molecular formula is C20H17NO4. The van der Waals surface area contributed by atoms with Crippen LogP contribution >= 0.6 is 0 Å². The van der Waals surface area contributed by atoms with Gasteiger partial charge in [-0.05, 0) is 43.3 Å². The number of furan rings is 1. The quantitative estimate of drug-likeness (QED) is 0.574. The predicted octanol–water partition coefficient (Wildman–Crippen LogP) is 4.18. The topological polar surface area (TPSA) is 68.5 Å². The van der Waals surface area contributed by atoms with Crippen LogP contribution in [0.25, 0.3) is 17.0 Å². The number of rotatable bonds is 4. The number of hydrogen-bond acceptors (Lipinski definition) is 4. The fraction of sp³-hybridized carbons (Fsp3) is 0.100. The van der Waals surface area contributed by atoms with E-state index < -0.39 is 5.97 Å². The molecule has 3 rings (SSSR count). The maximum absolute atomic E-state index is 12.1. The summed E-state index contributed by atoms with van der Waals surface area (Å²) in [4.78, 5) is 23.8. The number of nitrogens with one attached hydrogen (secondary N) is 1. The highest BCUT2D eigenvalue weighted by molar-refractivity contribution is 6.06. The van der Waals surface area contributed by atoms with Crippen LogP contribution in [0.1, 0.15) is 21.7 Å². The summed E-state index contributed by atoms with van der Waals surface area (Å²) < 4.78 is 10.4. The second kappa shape index (κ2) is 7.05. The lowest BCUT2D eigenvalue weighted by molar-refractivity contribution is -0.111. The minimum Gasteiger partial charge on any atom is -0.465 e. The molecule has 1 aromatic heterocycles. The molecule has 0 aliphatic carbocycles. The van der Waals surface area contributed by atoms with Gasteiger partial charge in [0.05, 0.1) is 18.4 Å². The molecule has 0 saturated carbocycles. The molecule has 126 valence electrons. The smallest absolute Gasteiger partial charge is 0.339 e. The highest BCUT2D eigenvalue weighted by Crippen LogP contribution is 2.21. The summed E-state index contributed by atoms with van der Waals surface area (Å²) in [6, 6.07) is 14.4. The number of para-hydroxylation sites is 1. The van der Waals surface area contributed by atoms with Crippen molar-refractivity contribution >= 4 is 34.6 Å². The van der Waals surface area contributed by atoms with E-state index in [1.807, 2.05) is 31.2 Å². The van der Waals surface area contributed by atoms with Crippen LogP contribution < -0.4 is 5.32 Å². The van der Waals surface area contributed by atoms with Crippen molar-refractivity contribution in [3.63, 3.8) is 0 Å². The lowest BCUT2D eigenvalue weighted by Gasteiger charge is -2.07. The van der Waals surface area contributed by atoms with E-state index in [4.69, 9.17) is 9.15 Å². The van der Waals surface area contributed by atoms with E-state index >= 15 is 0 Å². The van der Waals surface area contributed by atoms with Crippen molar-refractivity contribution in [3.8, 4) is 0 Å². The van der Waals surface area contributed by atoms with Gasteiger partial charge in [-0.3, -0.25) is 4.79 Å². The third-order valence-corrected chi connectivity index (χ3v) is 3.68. The molecule has 5 heteroatoms. The van der Waals surface area contributed by atoms with Gasteiger partial charge in [0.15, 0.2) is 0 Å². The number of ether oxygens (including phenoxy) is 1. The van der Waals surface area contributed by atoms with Crippen LogP contribution in [-0.2, 0) is 9.53 Å². The summed E-state index contributed by atoms with van der Waals surface area (Å²) in [5.74, 6) is -0.294. The molecule has 0 aliphatic rings. The number of amides is 1. The Morgan fingerprint density at radius 2 is 1.92 bits per heavy atom. The first kappa shape index (κ1) is 16.5. The zero-order chi connectivity index (χ0) is 17.8. The average Bonchev–Trinajstić information content (AvgIpc) is 3.02. The molecule has 5 nitrogen and oxygen atoms in total. The minimum atomic E-state index is -0.507. The van der Waals surface area contributed by atoms with Crippen molar-refractivity contribution in [2.45, 2.75) is 6.92 Å². The van der Waals surface area contributed by atoms with Gasteiger partial charge in [0.2, 0.25) is 5.91 Å². The third kappa shape index (κ3) is 3.77. The van der Waals surface area contributed by atoms with Crippen molar-refractivity contribution < 1.29 is 18.7 Å². The Hall–Kier alpha value is -3.34. The minimum absolute atomic E-state index is 0.297. The SMILES string of the molecule is COC(=O)c1ccccc1NC(=O)C=Cc1cc2cc(C)ccc2o1. The molecule has 25 heavy (non-hydrogen) atoms. The second-order valence-electron chi connectivity index (χ2n) is 5.55. The lowest BCUT2D eigenvalue weighted by atomic mass is 10.1. The molecule has 3 aromatic rings. The van der Waals surface area contributed by atoms with E-state index in [2.05, 4.69) is 5.32 Å². The summed E-state index contributed by atoms with van der Waals surface area (Å²) in [5, 5.41) is 3.65. The first-order valence-corrected chi connectivity index (χ1v) is 7.73. The molecule has 0 aliphatic heterocycles. The van der Waals surface area contributed by atoms with E-state index in [-0.39, 0.29) is 5.91 Å². The van der Waals surface area contributed by atoms with Gasteiger partial charge in [-0.2, -0.15) is 0 Å². The molecule has 1 N–H and O–H groups in total. The molecule has 0 spiro atoms. The highest BCUT2D eigenvalue weighted by Gasteiger charge is 2.12. The predicted molar refractivity (Wildman–Crippen MR) is 96.4 cm³/mol. The van der Waals surface area contributed by atoms with Crippen LogP contribution in [0.15, 0.2) is 59.0 Å². The van der Waals surface area contributed by atoms with E-state index in [0.29, 0.717) is 17.0 Å². The number of methoxy groups -OCH3 is 1. The Labute approximate surface area is 144 Å². The number of fused-ring (bicyclic) bond motifs is 1. The van der Waals surface area contributed by atoms with Crippen molar-refractivity contribution in [1.82, 2.24) is 0 Å². The van der Waals surface area contributed by atoms with Crippen LogP contribution in [0.5, 0.6) is 0 Å². The Morgan fingerprint density at radius 1 is 1.12 bits per heavy atom. The molecule has 1 heterocycles. The van der Waals surface area contributed by atoms with Gasteiger partial charge in [0, 0.05) is 11.5 Å². The fourth-order valence-electron chi connectivity index (χ4n) is 2.48. The second-order valence-corrected chi connectivity index (χ2v) is 5.55. The molecule has 1 amide bonds. The molecule has 0 fully saturated rings. The molecule has 0 unspecified atom stereocenters. The maximum Gasteiger partial charge on any atom is 0.339 e. The highest BCUT2D eigenvalue weighted by atomic mass is 16.5. The van der Waals surface area contributed by atoms with Crippen molar-refractivity contribution in [1.29, 1.82) is 0 Å². The molecule has 0 atom stereocenters. The number of carbonyl (C=O) groups excluding carboxylic acids is 2. The number of aryl methyl sites for hydroxylation is 1. The molecule has 0 saturated heterocycles. The monoisotopic (exact) mass is 335 g/mol. The van der Waals surface area contributed by atoms with Gasteiger partial charge in [0.1, 0.15) is 11.3 Å². The Kier molecular flexibility index (Phi) is 4.66. The van der Waals surface area contributed by atoms with Crippen LogP contribution in [0.4, 0.5) is 5.69 Å². The summed E-state index contributed by atoms with van der Waals surface area (Å²) in [5.41, 5.74) is 2.60. The Morgan fingerprint density at radius 3 is 2.72 bits per heavy atom. The third-order valence-electron chi connectivity index (χ3n) is 3.68. The normalized spacial score (nSPS) is 11.0. The standard InChI is InChI=1S/C20H17NO4/c1-13-7-9-18-14(11-13)12-15(25-18)8-10-19(22)21-17-6-4-3-5-16(17)20(23)24-2/h3-12H,1-2H3,(H,21,22). The van der Waals surface area contributed by atoms with Crippen LogP contribution in [0, 0.1) is 6.92 Å². The van der Waals surface area contributed by atoms with E-state index in [1.54, 1.807) is 30.3 Å². The molecule has 0 bridgehead atoms. The average molecular weight is 335 g/mol. The van der Waals surface area contributed by atoms with E-state index in [9.17, 15) is 9.59 Å². The number of anilines is 1. The van der Waals surface area contributed by atoms with Gasteiger partial charge < -0.3 is 14.5 Å². The van der Waals surface area contributed by atoms with Crippen LogP contribution in [0.3, 0.4) is 0 Å². The van der Waals surface area contributed by atoms with E-state index in [1.165, 1.54) is 13.2 Å². The molecule has 0 radical (unpaired) electrons. The summed E-state index contributed by atoms with van der Waals surface area (Å²) >= 11 is 0. The number of benzene rings is 2. The van der Waals surface area contributed by atoms with Crippen LogP contribution in [-0.4, -0.2) is 19.0 Å². The summed E-state index contributed by atoms with van der Waals surface area (Å²) in [6.07, 6.45) is 2.95. The van der Waals surface area contributed by atoms with Gasteiger partial charge in [0.25, 0.3) is 0 Å². The van der Waals surface area contributed by atoms with Crippen molar-refractivity contribution in [2.75, 3.05) is 12.4 Å². The van der Waals surface area contributed by atoms with Crippen molar-refractivity contribution in [3.05, 3.63) is 71.5 Å². The van der Waals surface area contributed by atoms with Crippen LogP contribution in [0.2, 0.25) is 0 Å². The number of esters is 1. The van der Waals surface area contributed by atoms with E-state index in [0.717, 1.165) is 16.5 Å². The van der Waals surface area contributed by atoms with Gasteiger partial charge in [-0.15, -0.1) is 0 Å². The fourth-order valence-corrected chi connectivity index (χ4v) is 2.48. The summed E-state index contributed by atoms with van der Waals surface area (Å²) in [6.45, 7) is 2.01. The number of carbonyl (C=O) groups is 2. The lowest BCUT2D eigenvalue weighted by Crippen LogP contribution is -2.12. The Bertz CT molecular complexity index is 969. The first-order chi connectivity index (χ1) is 12.1. The molecule has 2 aromatic carbocycles. The maximum atomic E-state index is 12.1. The first-order valence-electron chi connectivity index (χ1n) is 7.73. The number of hydrogen-bond donors (Lipinski definition) is 1. The van der Waals surface area contributed by atoms with Gasteiger partial charge >= 0.3 is 5.97 Å². The summed E-state index contributed by atoms with van der Waals surface area (Å²) in [7, 11) is 1.30.